The normalized spacial score (nSPS) is 12.7. The molecule has 1 atom stereocenters. The van der Waals surface area contributed by atoms with E-state index in [-0.39, 0.29) is 0 Å². The molecule has 0 fully saturated rings. The van der Waals surface area contributed by atoms with E-state index in [0.29, 0.717) is 6.04 Å². The van der Waals surface area contributed by atoms with E-state index in [1.54, 1.807) is 11.3 Å². The molecule has 0 radical (unpaired) electrons. The summed E-state index contributed by atoms with van der Waals surface area (Å²) in [7, 11) is 0. The summed E-state index contributed by atoms with van der Waals surface area (Å²) >= 11 is 1.70. The number of nitrogens with zero attached hydrogens (tertiary/aromatic N) is 1. The molecule has 1 N–H and O–H groups in total. The molecular weight excluding hydrogens is 252 g/mol. The lowest BCUT2D eigenvalue weighted by molar-refractivity contribution is 0.468. The van der Waals surface area contributed by atoms with Crippen LogP contribution < -0.4 is 5.32 Å². The van der Waals surface area contributed by atoms with Gasteiger partial charge in [0.2, 0.25) is 0 Å². The maximum absolute atomic E-state index is 4.44. The lowest BCUT2D eigenvalue weighted by Gasteiger charge is -2.15. The quantitative estimate of drug-likeness (QED) is 0.524. The number of nitrogens with one attached hydrogen (secondary N) is 1. The third kappa shape index (κ3) is 7.68. The first kappa shape index (κ1) is 16.6. The summed E-state index contributed by atoms with van der Waals surface area (Å²) in [6.45, 7) is 5.48. The van der Waals surface area contributed by atoms with Crippen LogP contribution in [0.3, 0.4) is 0 Å². The SMILES string of the molecule is CCCCCCCCCCC(NCC)c1cscn1. The molecule has 1 unspecified atom stereocenters. The van der Waals surface area contributed by atoms with Crippen molar-refractivity contribution < 1.29 is 0 Å². The first-order valence-corrected chi connectivity index (χ1v) is 8.94. The first-order valence-electron chi connectivity index (χ1n) is 8.00. The molecule has 0 aromatic carbocycles. The number of thiazole rings is 1. The van der Waals surface area contributed by atoms with E-state index in [1.807, 2.05) is 5.51 Å². The molecule has 0 bridgehead atoms. The van der Waals surface area contributed by atoms with Gasteiger partial charge in [-0.2, -0.15) is 0 Å². The molecule has 0 spiro atoms. The maximum atomic E-state index is 4.44. The average Bonchev–Trinajstić information content (AvgIpc) is 2.94. The van der Waals surface area contributed by atoms with Crippen molar-refractivity contribution in [2.45, 2.75) is 77.7 Å². The van der Waals surface area contributed by atoms with Gasteiger partial charge >= 0.3 is 0 Å². The molecule has 0 saturated carbocycles. The Bertz CT molecular complexity index is 285. The summed E-state index contributed by atoms with van der Waals surface area (Å²) < 4.78 is 0. The zero-order chi connectivity index (χ0) is 13.8. The molecule has 0 aliphatic heterocycles. The Labute approximate surface area is 123 Å². The van der Waals surface area contributed by atoms with Crippen molar-refractivity contribution in [2.75, 3.05) is 6.54 Å². The van der Waals surface area contributed by atoms with E-state index in [4.69, 9.17) is 0 Å². The minimum atomic E-state index is 0.469. The molecule has 1 aromatic rings. The van der Waals surface area contributed by atoms with Gasteiger partial charge in [-0.25, -0.2) is 4.98 Å². The second-order valence-corrected chi connectivity index (χ2v) is 6.01. The van der Waals surface area contributed by atoms with E-state index < -0.39 is 0 Å². The van der Waals surface area contributed by atoms with Crippen molar-refractivity contribution in [2.24, 2.45) is 0 Å². The second-order valence-electron chi connectivity index (χ2n) is 5.29. The van der Waals surface area contributed by atoms with Crippen LogP contribution in [0.5, 0.6) is 0 Å². The van der Waals surface area contributed by atoms with Crippen LogP contribution in [-0.2, 0) is 0 Å². The summed E-state index contributed by atoms with van der Waals surface area (Å²) in [4.78, 5) is 4.44. The molecule has 2 nitrogen and oxygen atoms in total. The summed E-state index contributed by atoms with van der Waals surface area (Å²) in [6, 6.07) is 0.469. The van der Waals surface area contributed by atoms with Crippen LogP contribution in [0.15, 0.2) is 10.9 Å². The average molecular weight is 282 g/mol. The molecule has 110 valence electrons. The summed E-state index contributed by atoms with van der Waals surface area (Å²) in [6.07, 6.45) is 12.4. The summed E-state index contributed by atoms with van der Waals surface area (Å²) in [5.41, 5.74) is 3.17. The Morgan fingerprint density at radius 1 is 1.05 bits per heavy atom. The van der Waals surface area contributed by atoms with E-state index in [0.717, 1.165) is 6.54 Å². The molecule has 19 heavy (non-hydrogen) atoms. The highest BCUT2D eigenvalue weighted by Gasteiger charge is 2.11. The Morgan fingerprint density at radius 3 is 2.32 bits per heavy atom. The molecule has 0 aliphatic rings. The standard InChI is InChI=1S/C16H30N2S/c1-3-5-6-7-8-9-10-11-12-15(17-4-2)16-13-19-14-18-16/h13-15,17H,3-12H2,1-2H3. The minimum Gasteiger partial charge on any atom is -0.309 e. The lowest BCUT2D eigenvalue weighted by Crippen LogP contribution is -2.21. The molecule has 3 heteroatoms. The van der Waals surface area contributed by atoms with Crippen molar-refractivity contribution >= 4 is 11.3 Å². The van der Waals surface area contributed by atoms with Crippen LogP contribution >= 0.6 is 11.3 Å². The van der Waals surface area contributed by atoms with Crippen LogP contribution in [0.1, 0.15) is 83.4 Å². The fraction of sp³-hybridized carbons (Fsp3) is 0.812. The largest absolute Gasteiger partial charge is 0.309 e. The molecular formula is C16H30N2S. The molecule has 1 aromatic heterocycles. The second kappa shape index (κ2) is 11.4. The Morgan fingerprint density at radius 2 is 1.74 bits per heavy atom. The van der Waals surface area contributed by atoms with Gasteiger partial charge in [0.15, 0.2) is 0 Å². The van der Waals surface area contributed by atoms with Crippen molar-refractivity contribution in [3.8, 4) is 0 Å². The van der Waals surface area contributed by atoms with E-state index in [2.05, 4.69) is 29.5 Å². The van der Waals surface area contributed by atoms with Gasteiger partial charge in [-0.3, -0.25) is 0 Å². The Hall–Kier alpha value is -0.410. The van der Waals surface area contributed by atoms with Gasteiger partial charge in [-0.1, -0.05) is 65.2 Å². The van der Waals surface area contributed by atoms with Crippen LogP contribution in [0.25, 0.3) is 0 Å². The smallest absolute Gasteiger partial charge is 0.0795 e. The fourth-order valence-corrected chi connectivity index (χ4v) is 3.09. The lowest BCUT2D eigenvalue weighted by atomic mass is 10.0. The fourth-order valence-electron chi connectivity index (χ4n) is 2.48. The third-order valence-electron chi connectivity index (χ3n) is 3.61. The predicted molar refractivity (Wildman–Crippen MR) is 85.8 cm³/mol. The maximum Gasteiger partial charge on any atom is 0.0795 e. The molecule has 1 rings (SSSR count). The number of hydrogen-bond acceptors (Lipinski definition) is 3. The Balaban J connectivity index is 2.06. The van der Waals surface area contributed by atoms with Crippen LogP contribution in [-0.4, -0.2) is 11.5 Å². The van der Waals surface area contributed by atoms with Gasteiger partial charge in [0.05, 0.1) is 17.2 Å². The van der Waals surface area contributed by atoms with Crippen molar-refractivity contribution in [3.05, 3.63) is 16.6 Å². The van der Waals surface area contributed by atoms with Crippen LogP contribution in [0.2, 0.25) is 0 Å². The van der Waals surface area contributed by atoms with Crippen LogP contribution in [0.4, 0.5) is 0 Å². The number of hydrogen-bond donors (Lipinski definition) is 1. The predicted octanol–water partition coefficient (Wildman–Crippen LogP) is 5.32. The highest BCUT2D eigenvalue weighted by atomic mass is 32.1. The number of unbranched alkanes of at least 4 members (excludes halogenated alkanes) is 7. The van der Waals surface area contributed by atoms with E-state index in [9.17, 15) is 0 Å². The van der Waals surface area contributed by atoms with Gasteiger partial charge in [-0.15, -0.1) is 11.3 Å². The van der Waals surface area contributed by atoms with E-state index in [1.165, 1.54) is 63.5 Å². The number of rotatable bonds is 12. The minimum absolute atomic E-state index is 0.469. The first-order chi connectivity index (χ1) is 9.38. The van der Waals surface area contributed by atoms with Gasteiger partial charge in [0, 0.05) is 5.38 Å². The summed E-state index contributed by atoms with van der Waals surface area (Å²) in [5.74, 6) is 0. The Kier molecular flexibility index (Phi) is 10.0. The van der Waals surface area contributed by atoms with Crippen LogP contribution in [0, 0.1) is 0 Å². The van der Waals surface area contributed by atoms with Crippen molar-refractivity contribution in [1.29, 1.82) is 0 Å². The summed E-state index contributed by atoms with van der Waals surface area (Å²) in [5, 5.41) is 5.73. The van der Waals surface area contributed by atoms with Gasteiger partial charge < -0.3 is 5.32 Å². The van der Waals surface area contributed by atoms with Crippen molar-refractivity contribution in [1.82, 2.24) is 10.3 Å². The molecule has 1 heterocycles. The zero-order valence-electron chi connectivity index (χ0n) is 12.7. The molecule has 0 saturated heterocycles. The monoisotopic (exact) mass is 282 g/mol. The van der Waals surface area contributed by atoms with Gasteiger partial charge in [-0.05, 0) is 13.0 Å². The van der Waals surface area contributed by atoms with Gasteiger partial charge in [0.25, 0.3) is 0 Å². The van der Waals surface area contributed by atoms with Crippen molar-refractivity contribution in [3.63, 3.8) is 0 Å². The third-order valence-corrected chi connectivity index (χ3v) is 4.21. The molecule has 0 amide bonds. The number of aromatic nitrogens is 1. The highest BCUT2D eigenvalue weighted by Crippen LogP contribution is 2.20. The topological polar surface area (TPSA) is 24.9 Å². The van der Waals surface area contributed by atoms with E-state index >= 15 is 0 Å². The zero-order valence-corrected chi connectivity index (χ0v) is 13.5. The highest BCUT2D eigenvalue weighted by molar-refractivity contribution is 7.07. The molecule has 0 aliphatic carbocycles. The van der Waals surface area contributed by atoms with Gasteiger partial charge in [0.1, 0.15) is 0 Å².